The number of benzene rings is 3. The van der Waals surface area contributed by atoms with Crippen LogP contribution in [0.1, 0.15) is 28.8 Å². The van der Waals surface area contributed by atoms with Crippen molar-refractivity contribution in [2.24, 2.45) is 0 Å². The summed E-state index contributed by atoms with van der Waals surface area (Å²) < 4.78 is 41.5. The molecule has 0 aliphatic carbocycles. The number of nitrogens with one attached hydrogen (secondary N) is 1. The second-order valence-electron chi connectivity index (χ2n) is 8.11. The number of sulfonamides is 1. The number of nitrogens with zero attached hydrogens (tertiary/aromatic N) is 2. The van der Waals surface area contributed by atoms with E-state index >= 15 is 0 Å². The van der Waals surface area contributed by atoms with E-state index in [1.807, 2.05) is 6.92 Å². The van der Waals surface area contributed by atoms with Gasteiger partial charge in [0, 0.05) is 25.7 Å². The minimum Gasteiger partial charge on any atom is -0.370 e. The van der Waals surface area contributed by atoms with Crippen LogP contribution in [0.5, 0.6) is 0 Å². The molecule has 4 rings (SSSR count). The van der Waals surface area contributed by atoms with Gasteiger partial charge in [-0.25, -0.2) is 12.8 Å². The lowest BCUT2D eigenvalue weighted by Crippen LogP contribution is -2.26. The molecule has 3 aromatic carbocycles. The summed E-state index contributed by atoms with van der Waals surface area (Å²) >= 11 is 0. The molecule has 8 heteroatoms. The average Bonchev–Trinajstić information content (AvgIpc) is 3.35. The molecule has 1 saturated heterocycles. The second kappa shape index (κ2) is 9.23. The normalized spacial score (nSPS) is 13.7. The van der Waals surface area contributed by atoms with Crippen LogP contribution in [0, 0.1) is 12.7 Å². The van der Waals surface area contributed by atoms with Crippen LogP contribution in [0.25, 0.3) is 0 Å². The Morgan fingerprint density at radius 3 is 2.24 bits per heavy atom. The fourth-order valence-corrected chi connectivity index (χ4v) is 5.07. The van der Waals surface area contributed by atoms with Crippen molar-refractivity contribution in [3.63, 3.8) is 0 Å². The third kappa shape index (κ3) is 4.71. The predicted octanol–water partition coefficient (Wildman–Crippen LogP) is 4.81. The number of hydrogen-bond donors (Lipinski definition) is 1. The van der Waals surface area contributed by atoms with Gasteiger partial charge >= 0.3 is 0 Å². The van der Waals surface area contributed by atoms with Crippen molar-refractivity contribution in [1.82, 2.24) is 0 Å². The highest BCUT2D eigenvalue weighted by atomic mass is 32.2. The van der Waals surface area contributed by atoms with E-state index in [2.05, 4.69) is 10.2 Å². The Labute approximate surface area is 193 Å². The molecule has 0 atom stereocenters. The molecule has 33 heavy (non-hydrogen) atoms. The number of amides is 1. The van der Waals surface area contributed by atoms with E-state index in [-0.39, 0.29) is 10.6 Å². The van der Waals surface area contributed by atoms with Crippen LogP contribution < -0.4 is 14.5 Å². The Morgan fingerprint density at radius 1 is 0.970 bits per heavy atom. The maximum atomic E-state index is 14.6. The average molecular weight is 468 g/mol. The topological polar surface area (TPSA) is 69.7 Å². The van der Waals surface area contributed by atoms with Crippen molar-refractivity contribution in [3.05, 3.63) is 83.7 Å². The smallest absolute Gasteiger partial charge is 0.264 e. The molecule has 1 amide bonds. The van der Waals surface area contributed by atoms with Gasteiger partial charge in [0.25, 0.3) is 15.9 Å². The molecule has 0 bridgehead atoms. The molecule has 1 aliphatic heterocycles. The van der Waals surface area contributed by atoms with E-state index in [9.17, 15) is 17.6 Å². The number of para-hydroxylation sites is 1. The third-order valence-electron chi connectivity index (χ3n) is 5.85. The number of carbonyl (C=O) groups excluding carboxylic acids is 1. The molecule has 6 nitrogen and oxygen atoms in total. The van der Waals surface area contributed by atoms with Gasteiger partial charge < -0.3 is 10.2 Å². The molecule has 1 heterocycles. The van der Waals surface area contributed by atoms with Crippen LogP contribution in [0.15, 0.2) is 71.6 Å². The summed E-state index contributed by atoms with van der Waals surface area (Å²) in [5.74, 6) is -0.954. The molecule has 3 aromatic rings. The van der Waals surface area contributed by atoms with Gasteiger partial charge in [0.2, 0.25) is 0 Å². The zero-order valence-electron chi connectivity index (χ0n) is 18.6. The molecule has 172 valence electrons. The Bertz CT molecular complexity index is 1250. The fraction of sp³-hybridized carbons (Fsp3) is 0.240. The molecule has 1 aliphatic rings. The molecular formula is C25H26FN3O3S. The van der Waals surface area contributed by atoms with E-state index in [4.69, 9.17) is 0 Å². The summed E-state index contributed by atoms with van der Waals surface area (Å²) in [6, 6.07) is 17.6. The standard InChI is InChI=1S/C25H26FN3O3S/c1-18-8-14-21(15-9-18)33(31,32)28(2)20-12-10-19(11-13-20)25(30)27-24-22(26)6-5-7-23(24)29-16-3-4-17-29/h5-15H,3-4,16-17H2,1-2H3,(H,27,30). The first-order valence-corrected chi connectivity index (χ1v) is 12.2. The number of hydrogen-bond acceptors (Lipinski definition) is 4. The van der Waals surface area contributed by atoms with Gasteiger partial charge in [-0.3, -0.25) is 9.10 Å². The first kappa shape index (κ1) is 22.8. The summed E-state index contributed by atoms with van der Waals surface area (Å²) in [6.07, 6.45) is 2.06. The van der Waals surface area contributed by atoms with E-state index < -0.39 is 21.7 Å². The minimum absolute atomic E-state index is 0.160. The maximum absolute atomic E-state index is 14.6. The van der Waals surface area contributed by atoms with Crippen molar-refractivity contribution < 1.29 is 17.6 Å². The summed E-state index contributed by atoms with van der Waals surface area (Å²) in [4.78, 5) is 15.1. The number of halogens is 1. The molecule has 1 fully saturated rings. The van der Waals surface area contributed by atoms with E-state index in [0.29, 0.717) is 16.9 Å². The quantitative estimate of drug-likeness (QED) is 0.565. The Hall–Kier alpha value is -3.39. The molecule has 1 N–H and O–H groups in total. The largest absolute Gasteiger partial charge is 0.370 e. The highest BCUT2D eigenvalue weighted by molar-refractivity contribution is 7.92. The lowest BCUT2D eigenvalue weighted by Gasteiger charge is -2.22. The molecule has 0 radical (unpaired) electrons. The van der Waals surface area contributed by atoms with E-state index in [1.54, 1.807) is 48.5 Å². The summed E-state index contributed by atoms with van der Waals surface area (Å²) in [5, 5.41) is 2.69. The van der Waals surface area contributed by atoms with Crippen molar-refractivity contribution in [2.45, 2.75) is 24.7 Å². The van der Waals surface area contributed by atoms with Crippen molar-refractivity contribution in [2.75, 3.05) is 34.7 Å². The third-order valence-corrected chi connectivity index (χ3v) is 7.65. The molecule has 0 saturated carbocycles. The van der Waals surface area contributed by atoms with Crippen molar-refractivity contribution in [3.8, 4) is 0 Å². The number of rotatable bonds is 6. The van der Waals surface area contributed by atoms with Gasteiger partial charge in [0.05, 0.1) is 16.3 Å². The lowest BCUT2D eigenvalue weighted by molar-refractivity contribution is 0.102. The number of carbonyl (C=O) groups is 1. The SMILES string of the molecule is Cc1ccc(S(=O)(=O)N(C)c2ccc(C(=O)Nc3c(F)cccc3N3CCCC3)cc2)cc1. The highest BCUT2D eigenvalue weighted by Crippen LogP contribution is 2.32. The van der Waals surface area contributed by atoms with Crippen LogP contribution in [0.3, 0.4) is 0 Å². The molecule has 0 spiro atoms. The van der Waals surface area contributed by atoms with Crippen molar-refractivity contribution >= 4 is 33.0 Å². The highest BCUT2D eigenvalue weighted by Gasteiger charge is 2.22. The van der Waals surface area contributed by atoms with Gasteiger partial charge in [-0.15, -0.1) is 0 Å². The van der Waals surface area contributed by atoms with Crippen LogP contribution >= 0.6 is 0 Å². The first-order chi connectivity index (χ1) is 15.8. The summed E-state index contributed by atoms with van der Waals surface area (Å²) in [7, 11) is -2.27. The molecule has 0 aromatic heterocycles. The summed E-state index contributed by atoms with van der Waals surface area (Å²) in [5.41, 5.74) is 2.51. The summed E-state index contributed by atoms with van der Waals surface area (Å²) in [6.45, 7) is 3.53. The van der Waals surface area contributed by atoms with E-state index in [1.165, 1.54) is 29.6 Å². The van der Waals surface area contributed by atoms with Gasteiger partial charge in [-0.2, -0.15) is 0 Å². The predicted molar refractivity (Wildman–Crippen MR) is 129 cm³/mol. The Balaban J connectivity index is 1.53. The lowest BCUT2D eigenvalue weighted by atomic mass is 10.1. The first-order valence-electron chi connectivity index (χ1n) is 10.8. The van der Waals surface area contributed by atoms with Crippen LogP contribution in [0.4, 0.5) is 21.5 Å². The van der Waals surface area contributed by atoms with Gasteiger partial charge in [-0.1, -0.05) is 23.8 Å². The maximum Gasteiger partial charge on any atom is 0.264 e. The van der Waals surface area contributed by atoms with Crippen LogP contribution in [-0.2, 0) is 10.0 Å². The zero-order valence-corrected chi connectivity index (χ0v) is 19.4. The molecular weight excluding hydrogens is 441 g/mol. The zero-order chi connectivity index (χ0) is 23.6. The Morgan fingerprint density at radius 2 is 1.61 bits per heavy atom. The van der Waals surface area contributed by atoms with Gasteiger partial charge in [0.1, 0.15) is 11.5 Å². The van der Waals surface area contributed by atoms with Gasteiger partial charge in [0.15, 0.2) is 0 Å². The fourth-order valence-electron chi connectivity index (χ4n) is 3.87. The van der Waals surface area contributed by atoms with Crippen molar-refractivity contribution in [1.29, 1.82) is 0 Å². The number of aryl methyl sites for hydroxylation is 1. The Kier molecular flexibility index (Phi) is 6.37. The molecule has 0 unspecified atom stereocenters. The number of anilines is 3. The van der Waals surface area contributed by atoms with Gasteiger partial charge in [-0.05, 0) is 68.3 Å². The second-order valence-corrected chi connectivity index (χ2v) is 10.1. The monoisotopic (exact) mass is 467 g/mol. The van der Waals surface area contributed by atoms with Crippen LogP contribution in [-0.4, -0.2) is 34.5 Å². The van der Waals surface area contributed by atoms with E-state index in [0.717, 1.165) is 31.5 Å². The minimum atomic E-state index is -3.73. The van der Waals surface area contributed by atoms with Crippen LogP contribution in [0.2, 0.25) is 0 Å².